The summed E-state index contributed by atoms with van der Waals surface area (Å²) in [4.78, 5) is 25.9. The van der Waals surface area contributed by atoms with Crippen LogP contribution in [-0.2, 0) is 4.79 Å². The second-order valence-electron chi connectivity index (χ2n) is 8.90. The van der Waals surface area contributed by atoms with E-state index < -0.39 is 0 Å². The highest BCUT2D eigenvalue weighted by molar-refractivity contribution is 6.51. The lowest BCUT2D eigenvalue weighted by atomic mass is 9.96. The molecule has 2 aromatic carbocycles. The van der Waals surface area contributed by atoms with Crippen molar-refractivity contribution in [2.24, 2.45) is 15.1 Å². The number of hydrogen-bond donors (Lipinski definition) is 0. The highest BCUT2D eigenvalue weighted by Gasteiger charge is 2.40. The van der Waals surface area contributed by atoms with Crippen LogP contribution in [0.3, 0.4) is 0 Å². The average Bonchev–Trinajstić information content (AvgIpc) is 3.69. The molecule has 3 aromatic rings. The molecule has 5 rings (SSSR count). The first-order valence-corrected chi connectivity index (χ1v) is 12.6. The molecule has 0 unspecified atom stereocenters. The molecule has 2 aliphatic rings. The van der Waals surface area contributed by atoms with Crippen molar-refractivity contribution < 1.29 is 9.21 Å². The van der Waals surface area contributed by atoms with Gasteiger partial charge in [0, 0.05) is 24.9 Å². The van der Waals surface area contributed by atoms with E-state index in [1.54, 1.807) is 11.3 Å². The lowest BCUT2D eigenvalue weighted by Gasteiger charge is -2.24. The summed E-state index contributed by atoms with van der Waals surface area (Å²) in [7, 11) is 0. The molecule has 2 aliphatic heterocycles. The fourth-order valence-corrected chi connectivity index (χ4v) is 4.70. The largest absolute Gasteiger partial charge is 0.463 e. The van der Waals surface area contributed by atoms with Crippen molar-refractivity contribution in [2.75, 3.05) is 19.6 Å². The molecule has 0 saturated heterocycles. The lowest BCUT2D eigenvalue weighted by Crippen LogP contribution is -2.42. The van der Waals surface area contributed by atoms with Gasteiger partial charge in [-0.05, 0) is 30.8 Å². The lowest BCUT2D eigenvalue weighted by molar-refractivity contribution is -0.132. The molecular formula is C29H31N5O2. The van der Waals surface area contributed by atoms with E-state index in [1.807, 2.05) is 72.8 Å². The Morgan fingerprint density at radius 3 is 2.36 bits per heavy atom. The third-order valence-corrected chi connectivity index (χ3v) is 6.72. The summed E-state index contributed by atoms with van der Waals surface area (Å²) in [6.07, 6.45) is 2.20. The fraction of sp³-hybridized carbons (Fsp3) is 0.310. The van der Waals surface area contributed by atoms with Crippen molar-refractivity contribution in [3.8, 4) is 0 Å². The Hall–Kier alpha value is -3.84. The zero-order valence-electron chi connectivity index (χ0n) is 20.7. The van der Waals surface area contributed by atoms with Gasteiger partial charge in [0.15, 0.2) is 6.17 Å². The number of rotatable bonds is 9. The summed E-state index contributed by atoms with van der Waals surface area (Å²) in [5, 5.41) is 6.38. The molecular weight excluding hydrogens is 450 g/mol. The van der Waals surface area contributed by atoms with Crippen LogP contribution < -0.4 is 0 Å². The summed E-state index contributed by atoms with van der Waals surface area (Å²) < 4.78 is 5.64. The minimum atomic E-state index is -0.350. The average molecular weight is 482 g/mol. The monoisotopic (exact) mass is 481 g/mol. The van der Waals surface area contributed by atoms with Gasteiger partial charge < -0.3 is 9.32 Å². The van der Waals surface area contributed by atoms with E-state index in [1.165, 1.54) is 0 Å². The predicted octanol–water partition coefficient (Wildman–Crippen LogP) is 4.96. The molecule has 1 amide bonds. The standard InChI is InChI=1S/C29H31N5O2/c1-3-33(4-2)18-17-26(35)34-24(20-23(32-34)25-16-11-19-36-25)28-27(21-12-7-5-8-13-21)30-29(31-28)22-14-9-6-10-15-22/h5-16,19,24,29H,3-4,17-18,20H2,1-2H3/t24-,29+/m0/s1. The van der Waals surface area contributed by atoms with Gasteiger partial charge in [0.05, 0.1) is 17.7 Å². The molecule has 7 nitrogen and oxygen atoms in total. The predicted molar refractivity (Wildman–Crippen MR) is 142 cm³/mol. The Labute approximate surface area is 211 Å². The van der Waals surface area contributed by atoms with E-state index in [-0.39, 0.29) is 18.1 Å². The zero-order chi connectivity index (χ0) is 24.9. The maximum absolute atomic E-state index is 13.5. The number of aliphatic imine (C=N–C) groups is 2. The van der Waals surface area contributed by atoms with E-state index >= 15 is 0 Å². The molecule has 0 fully saturated rings. The first-order valence-electron chi connectivity index (χ1n) is 12.6. The summed E-state index contributed by atoms with van der Waals surface area (Å²) in [6.45, 7) is 6.73. The van der Waals surface area contributed by atoms with Gasteiger partial charge in [0.2, 0.25) is 5.91 Å². The van der Waals surface area contributed by atoms with Gasteiger partial charge in [0.1, 0.15) is 17.5 Å². The van der Waals surface area contributed by atoms with Crippen LogP contribution >= 0.6 is 0 Å². The summed E-state index contributed by atoms with van der Waals surface area (Å²) in [5.74, 6) is 0.655. The van der Waals surface area contributed by atoms with E-state index in [0.29, 0.717) is 25.1 Å². The number of nitrogens with zero attached hydrogens (tertiary/aromatic N) is 5. The molecule has 0 aliphatic carbocycles. The minimum Gasteiger partial charge on any atom is -0.463 e. The van der Waals surface area contributed by atoms with Gasteiger partial charge in [-0.25, -0.2) is 5.01 Å². The minimum absolute atomic E-state index is 0.0215. The molecule has 0 saturated carbocycles. The topological polar surface area (TPSA) is 73.8 Å². The molecule has 0 bridgehead atoms. The highest BCUT2D eigenvalue weighted by atomic mass is 16.3. The van der Waals surface area contributed by atoms with Crippen LogP contribution in [0.5, 0.6) is 0 Å². The van der Waals surface area contributed by atoms with E-state index in [0.717, 1.165) is 41.4 Å². The molecule has 0 spiro atoms. The molecule has 7 heteroatoms. The SMILES string of the molecule is CCN(CC)CCC(=O)N1N=C(c2ccco2)C[C@H]1C1=N[C@H](c2ccccc2)N=C1c1ccccc1. The molecule has 1 aromatic heterocycles. The quantitative estimate of drug-likeness (QED) is 0.434. The molecule has 3 heterocycles. The van der Waals surface area contributed by atoms with Crippen LogP contribution in [0, 0.1) is 0 Å². The van der Waals surface area contributed by atoms with Crippen molar-refractivity contribution in [3.05, 3.63) is 95.9 Å². The normalized spacial score (nSPS) is 19.4. The van der Waals surface area contributed by atoms with Crippen LogP contribution in [0.15, 0.2) is 98.6 Å². The Morgan fingerprint density at radius 2 is 1.69 bits per heavy atom. The van der Waals surface area contributed by atoms with Gasteiger partial charge in [-0.1, -0.05) is 74.5 Å². The molecule has 36 heavy (non-hydrogen) atoms. The van der Waals surface area contributed by atoms with Gasteiger partial charge in [-0.15, -0.1) is 0 Å². The van der Waals surface area contributed by atoms with Crippen molar-refractivity contribution in [2.45, 2.75) is 38.9 Å². The maximum atomic E-state index is 13.5. The van der Waals surface area contributed by atoms with Crippen LogP contribution in [0.4, 0.5) is 0 Å². The second-order valence-corrected chi connectivity index (χ2v) is 8.90. The first kappa shape index (κ1) is 23.9. The fourth-order valence-electron chi connectivity index (χ4n) is 4.70. The van der Waals surface area contributed by atoms with E-state index in [9.17, 15) is 4.79 Å². The third kappa shape index (κ3) is 4.93. The maximum Gasteiger partial charge on any atom is 0.244 e. The zero-order valence-corrected chi connectivity index (χ0v) is 20.7. The number of furan rings is 1. The van der Waals surface area contributed by atoms with Crippen molar-refractivity contribution in [3.63, 3.8) is 0 Å². The Balaban J connectivity index is 1.51. The van der Waals surface area contributed by atoms with Crippen LogP contribution in [0.2, 0.25) is 0 Å². The van der Waals surface area contributed by atoms with E-state index in [4.69, 9.17) is 19.5 Å². The smallest absolute Gasteiger partial charge is 0.244 e. The molecule has 0 N–H and O–H groups in total. The van der Waals surface area contributed by atoms with Gasteiger partial charge in [0.25, 0.3) is 0 Å². The summed E-state index contributed by atoms with van der Waals surface area (Å²) in [6, 6.07) is 23.5. The second kappa shape index (κ2) is 10.8. The Bertz CT molecular complexity index is 1260. The number of amides is 1. The van der Waals surface area contributed by atoms with Crippen LogP contribution in [0.1, 0.15) is 49.7 Å². The van der Waals surface area contributed by atoms with Crippen molar-refractivity contribution >= 4 is 23.0 Å². The number of hydrogen-bond acceptors (Lipinski definition) is 6. The molecule has 2 atom stereocenters. The molecule has 184 valence electrons. The van der Waals surface area contributed by atoms with E-state index in [2.05, 4.69) is 18.7 Å². The Morgan fingerprint density at radius 1 is 0.972 bits per heavy atom. The van der Waals surface area contributed by atoms with Gasteiger partial charge in [-0.2, -0.15) is 5.10 Å². The number of carbonyl (C=O) groups excluding carboxylic acids is 1. The number of hydrazone groups is 1. The van der Waals surface area contributed by atoms with Gasteiger partial charge >= 0.3 is 0 Å². The van der Waals surface area contributed by atoms with Gasteiger partial charge in [-0.3, -0.25) is 14.8 Å². The summed E-state index contributed by atoms with van der Waals surface area (Å²) >= 11 is 0. The van der Waals surface area contributed by atoms with Crippen molar-refractivity contribution in [1.29, 1.82) is 0 Å². The number of carbonyl (C=O) groups is 1. The summed E-state index contributed by atoms with van der Waals surface area (Å²) in [5.41, 5.74) is 4.35. The third-order valence-electron chi connectivity index (χ3n) is 6.72. The Kier molecular flexibility index (Phi) is 7.18. The number of benzene rings is 2. The molecule has 0 radical (unpaired) electrons. The van der Waals surface area contributed by atoms with Crippen LogP contribution in [0.25, 0.3) is 0 Å². The van der Waals surface area contributed by atoms with Crippen molar-refractivity contribution in [1.82, 2.24) is 9.91 Å². The first-order chi connectivity index (χ1) is 17.7. The highest BCUT2D eigenvalue weighted by Crippen LogP contribution is 2.32. The van der Waals surface area contributed by atoms with Crippen LogP contribution in [-0.4, -0.2) is 58.6 Å².